The van der Waals surface area contributed by atoms with Gasteiger partial charge < -0.3 is 4.74 Å². The van der Waals surface area contributed by atoms with Crippen molar-refractivity contribution in [2.24, 2.45) is 5.92 Å². The van der Waals surface area contributed by atoms with E-state index in [1.54, 1.807) is 13.8 Å². The molecule has 0 aromatic heterocycles. The Morgan fingerprint density at radius 2 is 2.08 bits per heavy atom. The summed E-state index contributed by atoms with van der Waals surface area (Å²) in [5.41, 5.74) is 0. The fourth-order valence-corrected chi connectivity index (χ4v) is 1.22. The number of thioether (sulfide) groups is 1. The molecule has 0 bridgehead atoms. The molecule has 3 nitrogen and oxygen atoms in total. The fraction of sp³-hybridized carbons (Fsp3) is 0.750. The van der Waals surface area contributed by atoms with Crippen molar-refractivity contribution in [2.45, 2.75) is 20.8 Å². The van der Waals surface area contributed by atoms with Crippen LogP contribution in [-0.2, 0) is 14.3 Å². The Kier molecular flexibility index (Phi) is 5.80. The zero-order valence-electron chi connectivity index (χ0n) is 7.62. The first-order valence-corrected chi connectivity index (χ1v) is 4.86. The highest BCUT2D eigenvalue weighted by Crippen LogP contribution is 2.10. The van der Waals surface area contributed by atoms with Crippen LogP contribution in [0.1, 0.15) is 20.8 Å². The summed E-state index contributed by atoms with van der Waals surface area (Å²) in [4.78, 5) is 21.5. The van der Waals surface area contributed by atoms with Crippen LogP contribution in [0.4, 0.5) is 0 Å². The van der Waals surface area contributed by atoms with E-state index in [1.807, 2.05) is 0 Å². The molecule has 70 valence electrons. The summed E-state index contributed by atoms with van der Waals surface area (Å²) in [6.07, 6.45) is 0. The van der Waals surface area contributed by atoms with E-state index < -0.39 is 0 Å². The van der Waals surface area contributed by atoms with Crippen molar-refractivity contribution in [1.29, 1.82) is 0 Å². The maximum Gasteiger partial charge on any atom is 0.309 e. The van der Waals surface area contributed by atoms with Crippen molar-refractivity contribution in [2.75, 3.05) is 12.4 Å². The Bertz CT molecular complexity index is 168. The molecule has 0 amide bonds. The van der Waals surface area contributed by atoms with Crippen LogP contribution in [0.3, 0.4) is 0 Å². The molecular weight excluding hydrogens is 176 g/mol. The second kappa shape index (κ2) is 6.06. The van der Waals surface area contributed by atoms with Gasteiger partial charge in [-0.2, -0.15) is 0 Å². The van der Waals surface area contributed by atoms with Gasteiger partial charge in [0.05, 0.1) is 12.5 Å². The first-order chi connectivity index (χ1) is 5.57. The molecule has 0 saturated heterocycles. The largest absolute Gasteiger partial charge is 0.466 e. The molecule has 1 unspecified atom stereocenters. The summed E-state index contributed by atoms with van der Waals surface area (Å²) in [5, 5.41) is 0.0335. The average molecular weight is 190 g/mol. The molecule has 4 heteroatoms. The average Bonchev–Trinajstić information content (AvgIpc) is 2.00. The molecule has 0 aliphatic carbocycles. The number of carbonyl (C=O) groups excluding carboxylic acids is 2. The SMILES string of the molecule is CCOC(=O)C(C)CSC(C)=O. The Labute approximate surface area is 76.9 Å². The van der Waals surface area contributed by atoms with E-state index in [0.717, 1.165) is 11.8 Å². The molecule has 0 radical (unpaired) electrons. The number of carbonyl (C=O) groups is 2. The third kappa shape index (κ3) is 5.18. The second-order valence-corrected chi connectivity index (χ2v) is 3.65. The summed E-state index contributed by atoms with van der Waals surface area (Å²) in [6, 6.07) is 0. The van der Waals surface area contributed by atoms with Crippen LogP contribution >= 0.6 is 11.8 Å². The highest BCUT2D eigenvalue weighted by Gasteiger charge is 2.14. The molecular formula is C8H14O3S. The van der Waals surface area contributed by atoms with Crippen LogP contribution in [0, 0.1) is 5.92 Å². The predicted molar refractivity (Wildman–Crippen MR) is 48.9 cm³/mol. The Morgan fingerprint density at radius 3 is 2.50 bits per heavy atom. The third-order valence-corrected chi connectivity index (χ3v) is 2.30. The second-order valence-electron chi connectivity index (χ2n) is 2.46. The topological polar surface area (TPSA) is 43.4 Å². The van der Waals surface area contributed by atoms with Crippen LogP contribution in [0.5, 0.6) is 0 Å². The summed E-state index contributed by atoms with van der Waals surface area (Å²) < 4.78 is 4.77. The van der Waals surface area contributed by atoms with Crippen LogP contribution < -0.4 is 0 Å². The lowest BCUT2D eigenvalue weighted by Crippen LogP contribution is -2.17. The van der Waals surface area contributed by atoms with Crippen molar-refractivity contribution in [3.63, 3.8) is 0 Å². The first kappa shape index (κ1) is 11.5. The summed E-state index contributed by atoms with van der Waals surface area (Å²) in [6.45, 7) is 5.41. The molecule has 0 aliphatic rings. The van der Waals surface area contributed by atoms with E-state index in [1.165, 1.54) is 6.92 Å². The van der Waals surface area contributed by atoms with E-state index in [4.69, 9.17) is 4.74 Å². The lowest BCUT2D eigenvalue weighted by atomic mass is 10.2. The monoisotopic (exact) mass is 190 g/mol. The lowest BCUT2D eigenvalue weighted by Gasteiger charge is -2.07. The smallest absolute Gasteiger partial charge is 0.309 e. The number of esters is 1. The molecule has 0 fully saturated rings. The minimum Gasteiger partial charge on any atom is -0.466 e. The molecule has 0 rings (SSSR count). The summed E-state index contributed by atoms with van der Waals surface area (Å²) in [5.74, 6) is 0.0823. The van der Waals surface area contributed by atoms with Gasteiger partial charge in [-0.3, -0.25) is 9.59 Å². The van der Waals surface area contributed by atoms with Gasteiger partial charge in [0, 0.05) is 12.7 Å². The van der Waals surface area contributed by atoms with Crippen molar-refractivity contribution < 1.29 is 14.3 Å². The van der Waals surface area contributed by atoms with Gasteiger partial charge in [-0.1, -0.05) is 18.7 Å². The molecule has 0 aliphatic heterocycles. The summed E-state index contributed by atoms with van der Waals surface area (Å²) >= 11 is 1.15. The van der Waals surface area contributed by atoms with Gasteiger partial charge in [0.15, 0.2) is 5.12 Å². The van der Waals surface area contributed by atoms with E-state index in [-0.39, 0.29) is 17.0 Å². The van der Waals surface area contributed by atoms with Crippen LogP contribution in [0.25, 0.3) is 0 Å². The molecule has 12 heavy (non-hydrogen) atoms. The van der Waals surface area contributed by atoms with Crippen molar-refractivity contribution in [3.05, 3.63) is 0 Å². The molecule has 0 heterocycles. The number of hydrogen-bond donors (Lipinski definition) is 0. The van der Waals surface area contributed by atoms with Crippen LogP contribution in [0.15, 0.2) is 0 Å². The molecule has 0 aromatic rings. The third-order valence-electron chi connectivity index (χ3n) is 1.23. The molecule has 1 atom stereocenters. The highest BCUT2D eigenvalue weighted by atomic mass is 32.2. The number of rotatable bonds is 4. The van der Waals surface area contributed by atoms with Crippen LogP contribution in [-0.4, -0.2) is 23.4 Å². The van der Waals surface area contributed by atoms with Gasteiger partial charge in [-0.25, -0.2) is 0 Å². The molecule has 0 aromatic carbocycles. The zero-order chi connectivity index (χ0) is 9.56. The minimum absolute atomic E-state index is 0.0335. The van der Waals surface area contributed by atoms with E-state index in [2.05, 4.69) is 0 Å². The van der Waals surface area contributed by atoms with Gasteiger partial charge in [0.25, 0.3) is 0 Å². The Hall–Kier alpha value is -0.510. The van der Waals surface area contributed by atoms with Crippen molar-refractivity contribution in [1.82, 2.24) is 0 Å². The lowest BCUT2D eigenvalue weighted by molar-refractivity contribution is -0.146. The molecule has 0 N–H and O–H groups in total. The normalized spacial score (nSPS) is 12.2. The predicted octanol–water partition coefficient (Wildman–Crippen LogP) is 1.47. The van der Waals surface area contributed by atoms with E-state index in [0.29, 0.717) is 12.4 Å². The van der Waals surface area contributed by atoms with Crippen molar-refractivity contribution in [3.8, 4) is 0 Å². The fourth-order valence-electron chi connectivity index (χ4n) is 0.595. The first-order valence-electron chi connectivity index (χ1n) is 3.88. The van der Waals surface area contributed by atoms with Gasteiger partial charge in [-0.15, -0.1) is 0 Å². The Balaban J connectivity index is 3.63. The maximum atomic E-state index is 11.0. The summed E-state index contributed by atoms with van der Waals surface area (Å²) in [7, 11) is 0. The van der Waals surface area contributed by atoms with Gasteiger partial charge in [0.1, 0.15) is 0 Å². The van der Waals surface area contributed by atoms with Gasteiger partial charge >= 0.3 is 5.97 Å². The van der Waals surface area contributed by atoms with Gasteiger partial charge in [0.2, 0.25) is 0 Å². The maximum absolute atomic E-state index is 11.0. The Morgan fingerprint density at radius 1 is 1.50 bits per heavy atom. The minimum atomic E-state index is -0.230. The highest BCUT2D eigenvalue weighted by molar-refractivity contribution is 8.13. The number of ether oxygens (including phenoxy) is 1. The van der Waals surface area contributed by atoms with Crippen molar-refractivity contribution >= 4 is 22.8 Å². The number of hydrogen-bond acceptors (Lipinski definition) is 4. The van der Waals surface area contributed by atoms with E-state index >= 15 is 0 Å². The molecule has 0 saturated carbocycles. The standard InChI is InChI=1S/C8H14O3S/c1-4-11-8(10)6(2)5-12-7(3)9/h6H,4-5H2,1-3H3. The van der Waals surface area contributed by atoms with Crippen LogP contribution in [0.2, 0.25) is 0 Å². The quantitative estimate of drug-likeness (QED) is 0.629. The van der Waals surface area contributed by atoms with Gasteiger partial charge in [-0.05, 0) is 6.92 Å². The molecule has 0 spiro atoms. The van der Waals surface area contributed by atoms with E-state index in [9.17, 15) is 9.59 Å². The zero-order valence-corrected chi connectivity index (χ0v) is 8.44.